The minimum atomic E-state index is -0.592. The van der Waals surface area contributed by atoms with Crippen LogP contribution >= 0.6 is 23.2 Å². The maximum Gasteiger partial charge on any atom is 0.319 e. The monoisotopic (exact) mass is 482 g/mol. The molecule has 0 radical (unpaired) electrons. The first kappa shape index (κ1) is 22.6. The number of hydrogen-bond acceptors (Lipinski definition) is 5. The van der Waals surface area contributed by atoms with Gasteiger partial charge in [0.05, 0.1) is 29.0 Å². The Morgan fingerprint density at radius 3 is 2.73 bits per heavy atom. The molecule has 2 heterocycles. The molecule has 0 fully saturated rings. The molecule has 4 aromatic rings. The summed E-state index contributed by atoms with van der Waals surface area (Å²) in [6, 6.07) is 16.7. The van der Waals surface area contributed by atoms with Gasteiger partial charge in [-0.05, 0) is 42.0 Å². The third kappa shape index (κ3) is 5.81. The second kappa shape index (κ2) is 10.4. The average Bonchev–Trinajstić information content (AvgIpc) is 3.27. The second-order valence-corrected chi connectivity index (χ2v) is 7.88. The van der Waals surface area contributed by atoms with Crippen LogP contribution in [0.15, 0.2) is 79.3 Å². The molecular formula is C23H20Cl2N6O2. The number of anilines is 3. The molecule has 0 bridgehead atoms. The van der Waals surface area contributed by atoms with E-state index in [0.29, 0.717) is 38.7 Å². The van der Waals surface area contributed by atoms with Gasteiger partial charge in [0.15, 0.2) is 0 Å². The number of nitrogens with one attached hydrogen (secondary N) is 3. The molecule has 4 N–H and O–H groups in total. The van der Waals surface area contributed by atoms with E-state index in [4.69, 9.17) is 23.2 Å². The molecule has 168 valence electrons. The van der Waals surface area contributed by atoms with E-state index < -0.39 is 12.1 Å². The van der Waals surface area contributed by atoms with E-state index in [1.54, 1.807) is 65.6 Å². The number of urea groups is 1. The summed E-state index contributed by atoms with van der Waals surface area (Å²) in [4.78, 5) is 21.2. The number of hydrogen-bond donors (Lipinski definition) is 4. The van der Waals surface area contributed by atoms with Crippen LogP contribution in [0.4, 0.5) is 22.1 Å². The molecule has 0 aliphatic heterocycles. The molecule has 1 atom stereocenters. The van der Waals surface area contributed by atoms with Crippen LogP contribution in [-0.2, 0) is 0 Å². The minimum absolute atomic E-state index is 0.267. The van der Waals surface area contributed by atoms with Crippen molar-refractivity contribution in [3.05, 3.63) is 94.9 Å². The van der Waals surface area contributed by atoms with Crippen molar-refractivity contribution in [2.75, 3.05) is 17.2 Å². The van der Waals surface area contributed by atoms with Crippen LogP contribution in [0.1, 0.15) is 11.6 Å². The fraction of sp³-hybridized carbons (Fsp3) is 0.0870. The molecule has 4 rings (SSSR count). The van der Waals surface area contributed by atoms with Crippen LogP contribution in [0.3, 0.4) is 0 Å². The lowest BCUT2D eigenvalue weighted by molar-refractivity contribution is 0.225. The van der Waals surface area contributed by atoms with Crippen molar-refractivity contribution < 1.29 is 9.90 Å². The molecule has 8 nitrogen and oxygen atoms in total. The molecule has 2 aromatic carbocycles. The fourth-order valence-electron chi connectivity index (χ4n) is 3.13. The molecule has 0 saturated heterocycles. The van der Waals surface area contributed by atoms with Crippen molar-refractivity contribution in [3.8, 4) is 5.82 Å². The summed E-state index contributed by atoms with van der Waals surface area (Å²) in [5.41, 5.74) is 1.95. The highest BCUT2D eigenvalue weighted by molar-refractivity contribution is 6.33. The number of carbonyl (C=O) groups excluding carboxylic acids is 1. The van der Waals surface area contributed by atoms with Gasteiger partial charge in [0.2, 0.25) is 5.95 Å². The van der Waals surface area contributed by atoms with Gasteiger partial charge in [0.1, 0.15) is 5.82 Å². The predicted octanol–water partition coefficient (Wildman–Crippen LogP) is 5.17. The smallest absolute Gasteiger partial charge is 0.319 e. The molecule has 2 aromatic heterocycles. The van der Waals surface area contributed by atoms with Gasteiger partial charge in [0, 0.05) is 23.6 Å². The Kier molecular flexibility index (Phi) is 7.09. The summed E-state index contributed by atoms with van der Waals surface area (Å²) in [6.45, 7) is -0.267. The first-order valence-electron chi connectivity index (χ1n) is 9.98. The normalized spacial score (nSPS) is 11.6. The summed E-state index contributed by atoms with van der Waals surface area (Å²) >= 11 is 12.2. The topological polar surface area (TPSA) is 104 Å². The van der Waals surface area contributed by atoms with Crippen molar-refractivity contribution >= 4 is 46.6 Å². The van der Waals surface area contributed by atoms with Crippen LogP contribution in [0.2, 0.25) is 10.0 Å². The number of amides is 2. The van der Waals surface area contributed by atoms with E-state index in [-0.39, 0.29) is 6.61 Å². The Labute approximate surface area is 200 Å². The standard InChI is InChI=1S/C23H20Cl2N6O2/c24-16-5-3-4-15(12-16)20(14-32)29-23(33)27-17-9-11-31(13-17)21-8-10-26-22(30-21)28-19-7-2-1-6-18(19)25/h1-13,20,32H,14H2,(H,26,28,30)(H2,27,29,33)/t20-/m1/s1. The molecular weight excluding hydrogens is 463 g/mol. The zero-order valence-electron chi connectivity index (χ0n) is 17.2. The Morgan fingerprint density at radius 1 is 1.09 bits per heavy atom. The van der Waals surface area contributed by atoms with Gasteiger partial charge in [-0.2, -0.15) is 4.98 Å². The number of nitrogens with zero attached hydrogens (tertiary/aromatic N) is 3. The number of para-hydroxylation sites is 1. The number of rotatable bonds is 7. The Morgan fingerprint density at radius 2 is 1.94 bits per heavy atom. The Hall–Kier alpha value is -3.59. The quantitative estimate of drug-likeness (QED) is 0.290. The summed E-state index contributed by atoms with van der Waals surface area (Å²) in [6.07, 6.45) is 5.10. The summed E-state index contributed by atoms with van der Waals surface area (Å²) < 4.78 is 1.75. The van der Waals surface area contributed by atoms with E-state index in [1.807, 2.05) is 18.2 Å². The number of aliphatic hydroxyl groups excluding tert-OH is 1. The van der Waals surface area contributed by atoms with Crippen LogP contribution < -0.4 is 16.0 Å². The third-order valence-electron chi connectivity index (χ3n) is 4.72. The van der Waals surface area contributed by atoms with Gasteiger partial charge in [-0.1, -0.05) is 47.5 Å². The first-order chi connectivity index (χ1) is 16.0. The lowest BCUT2D eigenvalue weighted by Crippen LogP contribution is -2.34. The highest BCUT2D eigenvalue weighted by atomic mass is 35.5. The zero-order chi connectivity index (χ0) is 23.2. The van der Waals surface area contributed by atoms with Crippen LogP contribution in [0.5, 0.6) is 0 Å². The molecule has 0 spiro atoms. The lowest BCUT2D eigenvalue weighted by atomic mass is 10.1. The molecule has 0 aliphatic rings. The largest absolute Gasteiger partial charge is 0.394 e. The predicted molar refractivity (Wildman–Crippen MR) is 130 cm³/mol. The Balaban J connectivity index is 1.42. The maximum absolute atomic E-state index is 12.5. The highest BCUT2D eigenvalue weighted by Crippen LogP contribution is 2.24. The van der Waals surface area contributed by atoms with Gasteiger partial charge >= 0.3 is 6.03 Å². The van der Waals surface area contributed by atoms with E-state index in [0.717, 1.165) is 0 Å². The van der Waals surface area contributed by atoms with Crippen molar-refractivity contribution in [2.45, 2.75) is 6.04 Å². The third-order valence-corrected chi connectivity index (χ3v) is 5.28. The lowest BCUT2D eigenvalue weighted by Gasteiger charge is -2.17. The van der Waals surface area contributed by atoms with E-state index in [2.05, 4.69) is 25.9 Å². The van der Waals surface area contributed by atoms with E-state index >= 15 is 0 Å². The van der Waals surface area contributed by atoms with Gasteiger partial charge in [0.25, 0.3) is 0 Å². The summed E-state index contributed by atoms with van der Waals surface area (Å²) in [5.74, 6) is 0.981. The number of halogens is 2. The molecule has 0 aliphatic carbocycles. The van der Waals surface area contributed by atoms with Crippen LogP contribution in [0, 0.1) is 0 Å². The number of carbonyl (C=O) groups is 1. The van der Waals surface area contributed by atoms with Gasteiger partial charge in [-0.15, -0.1) is 0 Å². The zero-order valence-corrected chi connectivity index (χ0v) is 18.8. The van der Waals surface area contributed by atoms with Crippen LogP contribution in [0.25, 0.3) is 5.82 Å². The summed E-state index contributed by atoms with van der Waals surface area (Å²) in [7, 11) is 0. The molecule has 33 heavy (non-hydrogen) atoms. The van der Waals surface area contributed by atoms with Crippen molar-refractivity contribution in [2.24, 2.45) is 0 Å². The second-order valence-electron chi connectivity index (χ2n) is 7.04. The molecule has 2 amide bonds. The molecule has 0 saturated carbocycles. The summed E-state index contributed by atoms with van der Waals surface area (Å²) in [5, 5.41) is 19.3. The Bertz CT molecular complexity index is 1260. The van der Waals surface area contributed by atoms with Crippen molar-refractivity contribution in [1.29, 1.82) is 0 Å². The van der Waals surface area contributed by atoms with Gasteiger partial charge in [-0.25, -0.2) is 9.78 Å². The number of aromatic nitrogens is 3. The van der Waals surface area contributed by atoms with Crippen LogP contribution in [-0.4, -0.2) is 32.3 Å². The number of benzene rings is 2. The molecule has 10 heteroatoms. The van der Waals surface area contributed by atoms with Gasteiger partial charge in [-0.3, -0.25) is 0 Å². The average molecular weight is 483 g/mol. The van der Waals surface area contributed by atoms with Crippen molar-refractivity contribution in [3.63, 3.8) is 0 Å². The molecule has 0 unspecified atom stereocenters. The van der Waals surface area contributed by atoms with E-state index in [1.165, 1.54) is 0 Å². The van der Waals surface area contributed by atoms with E-state index in [9.17, 15) is 9.90 Å². The fourth-order valence-corrected chi connectivity index (χ4v) is 3.51. The first-order valence-corrected chi connectivity index (χ1v) is 10.7. The minimum Gasteiger partial charge on any atom is -0.394 e. The maximum atomic E-state index is 12.5. The highest BCUT2D eigenvalue weighted by Gasteiger charge is 2.15. The van der Waals surface area contributed by atoms with Crippen molar-refractivity contribution in [1.82, 2.24) is 19.9 Å². The van der Waals surface area contributed by atoms with Gasteiger partial charge < -0.3 is 25.6 Å². The SMILES string of the molecule is O=C(Nc1ccn(-c2ccnc(Nc3ccccc3Cl)n2)c1)N[C@H](CO)c1cccc(Cl)c1. The number of aliphatic hydroxyl groups is 1.